The number of benzene rings is 2. The van der Waals surface area contributed by atoms with Crippen LogP contribution in [0.5, 0.6) is 5.75 Å². The smallest absolute Gasteiger partial charge is 0.115 e. The summed E-state index contributed by atoms with van der Waals surface area (Å²) in [4.78, 5) is 0. The van der Waals surface area contributed by atoms with Crippen molar-refractivity contribution in [3.63, 3.8) is 0 Å². The van der Waals surface area contributed by atoms with Crippen molar-refractivity contribution in [2.75, 3.05) is 0 Å². The highest BCUT2D eigenvalue weighted by molar-refractivity contribution is 5.70. The zero-order chi connectivity index (χ0) is 12.3. The molecule has 0 atom stereocenters. The fourth-order valence-electron chi connectivity index (χ4n) is 1.65. The molecule has 2 rings (SSSR count). The predicted octanol–water partition coefficient (Wildman–Crippen LogP) is 4.18. The molecule has 17 heavy (non-hydrogen) atoms. The van der Waals surface area contributed by atoms with E-state index < -0.39 is 0 Å². The molecule has 0 saturated heterocycles. The molecular formula is C16H16O. The average molecular weight is 224 g/mol. The lowest BCUT2D eigenvalue weighted by Crippen LogP contribution is -1.81. The van der Waals surface area contributed by atoms with Gasteiger partial charge in [-0.1, -0.05) is 42.5 Å². The van der Waals surface area contributed by atoms with E-state index in [2.05, 4.69) is 38.1 Å². The first kappa shape index (κ1) is 11.5. The van der Waals surface area contributed by atoms with Gasteiger partial charge in [0.2, 0.25) is 0 Å². The zero-order valence-electron chi connectivity index (χ0n) is 10.1. The normalized spacial score (nSPS) is 10.9. The fraction of sp³-hybridized carbons (Fsp3) is 0.125. The lowest BCUT2D eigenvalue weighted by Gasteiger charge is -2.01. The van der Waals surface area contributed by atoms with Gasteiger partial charge in [-0.3, -0.25) is 0 Å². The van der Waals surface area contributed by atoms with E-state index in [0.29, 0.717) is 5.75 Å². The lowest BCUT2D eigenvalue weighted by atomic mass is 10.1. The molecule has 1 N–H and O–H groups in total. The molecule has 86 valence electrons. The number of aromatic hydroxyl groups is 1. The molecule has 0 heterocycles. The molecule has 0 spiro atoms. The Balaban J connectivity index is 2.20. The molecule has 1 heteroatoms. The van der Waals surface area contributed by atoms with Gasteiger partial charge in [-0.15, -0.1) is 0 Å². The minimum absolute atomic E-state index is 0.299. The maximum absolute atomic E-state index is 9.18. The molecule has 0 aliphatic heterocycles. The van der Waals surface area contributed by atoms with Crippen LogP contribution in [0, 0.1) is 13.8 Å². The van der Waals surface area contributed by atoms with Crippen molar-refractivity contribution in [1.82, 2.24) is 0 Å². The molecule has 0 amide bonds. The summed E-state index contributed by atoms with van der Waals surface area (Å²) >= 11 is 0. The van der Waals surface area contributed by atoms with Crippen LogP contribution in [0.25, 0.3) is 12.2 Å². The van der Waals surface area contributed by atoms with Crippen LogP contribution in [0.1, 0.15) is 22.3 Å². The Labute approximate surface area is 102 Å². The van der Waals surface area contributed by atoms with Gasteiger partial charge in [-0.2, -0.15) is 0 Å². The molecule has 0 aliphatic rings. The van der Waals surface area contributed by atoms with E-state index in [1.807, 2.05) is 18.2 Å². The van der Waals surface area contributed by atoms with Crippen molar-refractivity contribution >= 4 is 12.2 Å². The van der Waals surface area contributed by atoms with E-state index in [4.69, 9.17) is 0 Å². The van der Waals surface area contributed by atoms with E-state index in [9.17, 15) is 5.11 Å². The second-order valence-corrected chi connectivity index (χ2v) is 4.27. The quantitative estimate of drug-likeness (QED) is 0.759. The minimum atomic E-state index is 0.299. The maximum Gasteiger partial charge on any atom is 0.115 e. The third-order valence-electron chi connectivity index (χ3n) is 2.89. The molecule has 0 bridgehead atoms. The van der Waals surface area contributed by atoms with Crippen LogP contribution in [0.2, 0.25) is 0 Å². The lowest BCUT2D eigenvalue weighted by molar-refractivity contribution is 0.475. The third-order valence-corrected chi connectivity index (χ3v) is 2.89. The number of aryl methyl sites for hydroxylation is 2. The zero-order valence-corrected chi connectivity index (χ0v) is 10.1. The summed E-state index contributed by atoms with van der Waals surface area (Å²) in [6.45, 7) is 4.23. The summed E-state index contributed by atoms with van der Waals surface area (Å²) in [5.41, 5.74) is 4.90. The van der Waals surface area contributed by atoms with Gasteiger partial charge in [0, 0.05) is 0 Å². The molecular weight excluding hydrogens is 208 g/mol. The van der Waals surface area contributed by atoms with Gasteiger partial charge in [0.25, 0.3) is 0 Å². The molecule has 0 radical (unpaired) electrons. The Kier molecular flexibility index (Phi) is 3.29. The molecule has 0 aliphatic carbocycles. The summed E-state index contributed by atoms with van der Waals surface area (Å²) in [6, 6.07) is 13.6. The number of hydrogen-bond donors (Lipinski definition) is 1. The summed E-state index contributed by atoms with van der Waals surface area (Å²) < 4.78 is 0. The number of hydrogen-bond acceptors (Lipinski definition) is 1. The van der Waals surface area contributed by atoms with Crippen LogP contribution in [0.15, 0.2) is 42.5 Å². The molecule has 0 fully saturated rings. The summed E-state index contributed by atoms with van der Waals surface area (Å²) in [5.74, 6) is 0.299. The van der Waals surface area contributed by atoms with Crippen molar-refractivity contribution in [1.29, 1.82) is 0 Å². The van der Waals surface area contributed by atoms with Crippen LogP contribution in [-0.4, -0.2) is 5.11 Å². The first-order valence-corrected chi connectivity index (χ1v) is 5.69. The second-order valence-electron chi connectivity index (χ2n) is 4.27. The van der Waals surface area contributed by atoms with Crippen molar-refractivity contribution in [2.24, 2.45) is 0 Å². The molecule has 0 aromatic heterocycles. The molecule has 1 nitrogen and oxygen atoms in total. The first-order chi connectivity index (χ1) is 8.15. The molecule has 2 aromatic carbocycles. The predicted molar refractivity (Wildman–Crippen MR) is 73.0 cm³/mol. The van der Waals surface area contributed by atoms with Gasteiger partial charge >= 0.3 is 0 Å². The topological polar surface area (TPSA) is 20.2 Å². The Bertz CT molecular complexity index is 536. The van der Waals surface area contributed by atoms with Gasteiger partial charge in [0.15, 0.2) is 0 Å². The van der Waals surface area contributed by atoms with E-state index in [1.165, 1.54) is 16.7 Å². The highest BCUT2D eigenvalue weighted by Gasteiger charge is 1.93. The van der Waals surface area contributed by atoms with Crippen molar-refractivity contribution in [3.8, 4) is 5.75 Å². The Morgan fingerprint density at radius 2 is 1.35 bits per heavy atom. The van der Waals surface area contributed by atoms with Crippen molar-refractivity contribution < 1.29 is 5.11 Å². The maximum atomic E-state index is 9.18. The van der Waals surface area contributed by atoms with Crippen LogP contribution in [0.4, 0.5) is 0 Å². The first-order valence-electron chi connectivity index (χ1n) is 5.69. The SMILES string of the molecule is Cc1ccc(/C=C/c2ccc(O)cc2)cc1C. The van der Waals surface area contributed by atoms with E-state index in [-0.39, 0.29) is 0 Å². The number of rotatable bonds is 2. The van der Waals surface area contributed by atoms with Gasteiger partial charge in [0.1, 0.15) is 5.75 Å². The van der Waals surface area contributed by atoms with Crippen LogP contribution >= 0.6 is 0 Å². The minimum Gasteiger partial charge on any atom is -0.508 e. The highest BCUT2D eigenvalue weighted by atomic mass is 16.3. The van der Waals surface area contributed by atoms with Gasteiger partial charge in [-0.05, 0) is 48.2 Å². The van der Waals surface area contributed by atoms with Crippen LogP contribution in [-0.2, 0) is 0 Å². The Hall–Kier alpha value is -2.02. The van der Waals surface area contributed by atoms with Crippen LogP contribution < -0.4 is 0 Å². The fourth-order valence-corrected chi connectivity index (χ4v) is 1.65. The van der Waals surface area contributed by atoms with Crippen molar-refractivity contribution in [2.45, 2.75) is 13.8 Å². The summed E-state index contributed by atoms with van der Waals surface area (Å²) in [5, 5.41) is 9.18. The summed E-state index contributed by atoms with van der Waals surface area (Å²) in [6.07, 6.45) is 4.13. The van der Waals surface area contributed by atoms with Gasteiger partial charge < -0.3 is 5.11 Å². The second kappa shape index (κ2) is 4.88. The van der Waals surface area contributed by atoms with E-state index in [0.717, 1.165) is 5.56 Å². The standard InChI is InChI=1S/C16H16O/c1-12-3-4-15(11-13(12)2)6-5-14-7-9-16(17)10-8-14/h3-11,17H,1-2H3/b6-5+. The Morgan fingerprint density at radius 3 is 2.00 bits per heavy atom. The Morgan fingerprint density at radius 1 is 0.765 bits per heavy atom. The highest BCUT2D eigenvalue weighted by Crippen LogP contribution is 2.15. The average Bonchev–Trinajstić information content (AvgIpc) is 2.33. The van der Waals surface area contributed by atoms with Crippen LogP contribution in [0.3, 0.4) is 0 Å². The van der Waals surface area contributed by atoms with E-state index in [1.54, 1.807) is 12.1 Å². The van der Waals surface area contributed by atoms with E-state index >= 15 is 0 Å². The van der Waals surface area contributed by atoms with Gasteiger partial charge in [-0.25, -0.2) is 0 Å². The van der Waals surface area contributed by atoms with Crippen molar-refractivity contribution in [3.05, 3.63) is 64.7 Å². The number of phenols is 1. The summed E-state index contributed by atoms with van der Waals surface area (Å²) in [7, 11) is 0. The molecule has 0 unspecified atom stereocenters. The molecule has 0 saturated carbocycles. The molecule has 2 aromatic rings. The largest absolute Gasteiger partial charge is 0.508 e. The third kappa shape index (κ3) is 2.97. The van der Waals surface area contributed by atoms with Gasteiger partial charge in [0.05, 0.1) is 0 Å². The number of phenolic OH excluding ortho intramolecular Hbond substituents is 1. The monoisotopic (exact) mass is 224 g/mol.